The summed E-state index contributed by atoms with van der Waals surface area (Å²) in [5.41, 5.74) is 0.632. The third-order valence-corrected chi connectivity index (χ3v) is 6.98. The van der Waals surface area contributed by atoms with Gasteiger partial charge in [0.15, 0.2) is 0 Å². The first-order chi connectivity index (χ1) is 12.2. The largest absolute Gasteiger partial charge is 0.278 e. The number of benzene rings is 1. The van der Waals surface area contributed by atoms with Crippen LogP contribution in [0.25, 0.3) is 0 Å². The van der Waals surface area contributed by atoms with Crippen molar-refractivity contribution in [3.63, 3.8) is 0 Å². The number of halogens is 1. The van der Waals surface area contributed by atoms with Crippen LogP contribution < -0.4 is 0 Å². The number of aryl methyl sites for hydroxylation is 1. The van der Waals surface area contributed by atoms with E-state index in [4.69, 9.17) is 0 Å². The average molecular weight is 379 g/mol. The molecule has 1 aliphatic rings. The maximum atomic E-state index is 13.4. The van der Waals surface area contributed by atoms with E-state index in [0.717, 1.165) is 23.6 Å². The normalized spacial score (nSPS) is 16.8. The van der Waals surface area contributed by atoms with Gasteiger partial charge in [-0.25, -0.2) is 12.8 Å². The van der Waals surface area contributed by atoms with E-state index in [1.807, 2.05) is 0 Å². The predicted octanol–water partition coefficient (Wildman–Crippen LogP) is 2.75. The minimum Gasteiger partial charge on any atom is -0.267 e. The van der Waals surface area contributed by atoms with Crippen molar-refractivity contribution in [2.75, 3.05) is 13.1 Å². The van der Waals surface area contributed by atoms with E-state index < -0.39 is 21.7 Å². The van der Waals surface area contributed by atoms with Crippen LogP contribution in [-0.2, 0) is 10.0 Å². The van der Waals surface area contributed by atoms with Gasteiger partial charge in [-0.1, -0.05) is 13.0 Å². The van der Waals surface area contributed by atoms with Crippen LogP contribution in [0, 0.1) is 25.6 Å². The van der Waals surface area contributed by atoms with E-state index in [-0.39, 0.29) is 21.8 Å². The van der Waals surface area contributed by atoms with Gasteiger partial charge in [0.2, 0.25) is 10.0 Å². The van der Waals surface area contributed by atoms with Crippen LogP contribution in [0.1, 0.15) is 41.5 Å². The van der Waals surface area contributed by atoms with Crippen LogP contribution >= 0.6 is 0 Å². The highest BCUT2D eigenvalue weighted by molar-refractivity contribution is 7.89. The summed E-state index contributed by atoms with van der Waals surface area (Å²) in [6, 6.07) is 5.26. The molecule has 1 aromatic heterocycles. The van der Waals surface area contributed by atoms with Gasteiger partial charge in [-0.3, -0.25) is 4.79 Å². The Hall–Kier alpha value is -2.06. The second kappa shape index (κ2) is 6.92. The summed E-state index contributed by atoms with van der Waals surface area (Å²) in [7, 11) is -3.73. The zero-order valence-electron chi connectivity index (χ0n) is 15.1. The Labute approximate surface area is 152 Å². The Morgan fingerprint density at radius 1 is 1.23 bits per heavy atom. The Kier molecular flexibility index (Phi) is 4.98. The molecule has 140 valence electrons. The maximum absolute atomic E-state index is 13.4. The van der Waals surface area contributed by atoms with E-state index in [9.17, 15) is 17.6 Å². The highest BCUT2D eigenvalue weighted by atomic mass is 32.2. The summed E-state index contributed by atoms with van der Waals surface area (Å²) >= 11 is 0. The third kappa shape index (κ3) is 3.31. The van der Waals surface area contributed by atoms with Crippen LogP contribution in [0.4, 0.5) is 4.39 Å². The molecule has 2 aromatic rings. The molecule has 0 saturated carbocycles. The molecule has 1 saturated heterocycles. The molecule has 0 unspecified atom stereocenters. The van der Waals surface area contributed by atoms with Crippen molar-refractivity contribution < 1.29 is 17.6 Å². The smallest absolute Gasteiger partial charge is 0.267 e. The summed E-state index contributed by atoms with van der Waals surface area (Å²) in [6.07, 6.45) is 1.63. The summed E-state index contributed by atoms with van der Waals surface area (Å²) in [4.78, 5) is 12.7. The first kappa shape index (κ1) is 18.7. The molecule has 0 N–H and O–H groups in total. The number of piperidine rings is 1. The Morgan fingerprint density at radius 3 is 2.50 bits per heavy atom. The first-order valence-corrected chi connectivity index (χ1v) is 10.0. The van der Waals surface area contributed by atoms with Crippen LogP contribution in [0.3, 0.4) is 0 Å². The minimum atomic E-state index is -3.73. The summed E-state index contributed by atoms with van der Waals surface area (Å²) in [5.74, 6) is -0.590. The molecule has 3 rings (SSSR count). The summed E-state index contributed by atoms with van der Waals surface area (Å²) in [6.45, 7) is 6.16. The molecule has 1 aliphatic heterocycles. The number of nitrogens with zero attached hydrogens (tertiary/aromatic N) is 3. The zero-order chi connectivity index (χ0) is 19.1. The molecule has 0 amide bonds. The van der Waals surface area contributed by atoms with Gasteiger partial charge >= 0.3 is 0 Å². The van der Waals surface area contributed by atoms with Crippen molar-refractivity contribution in [1.82, 2.24) is 14.1 Å². The first-order valence-electron chi connectivity index (χ1n) is 8.58. The maximum Gasteiger partial charge on any atom is 0.278 e. The van der Waals surface area contributed by atoms with Gasteiger partial charge in [-0.15, -0.1) is 0 Å². The second-order valence-corrected chi connectivity index (χ2v) is 8.69. The topological polar surface area (TPSA) is 72.3 Å². The molecule has 6 nitrogen and oxygen atoms in total. The molecule has 0 spiro atoms. The van der Waals surface area contributed by atoms with Crippen LogP contribution in [-0.4, -0.2) is 41.5 Å². The van der Waals surface area contributed by atoms with E-state index >= 15 is 0 Å². The number of hydrogen-bond acceptors (Lipinski definition) is 4. The predicted molar refractivity (Wildman–Crippen MR) is 95.0 cm³/mol. The third-order valence-electron chi connectivity index (χ3n) is 4.83. The Balaban J connectivity index is 1.99. The van der Waals surface area contributed by atoms with E-state index in [1.165, 1.54) is 22.5 Å². The number of hydrogen-bond donors (Lipinski definition) is 0. The van der Waals surface area contributed by atoms with Gasteiger partial charge in [-0.2, -0.15) is 14.1 Å². The summed E-state index contributed by atoms with van der Waals surface area (Å²) in [5, 5.41) is 4.13. The fourth-order valence-corrected chi connectivity index (χ4v) is 5.12. The van der Waals surface area contributed by atoms with Crippen LogP contribution in [0.15, 0.2) is 29.2 Å². The van der Waals surface area contributed by atoms with Gasteiger partial charge in [0.25, 0.3) is 5.91 Å². The summed E-state index contributed by atoms with van der Waals surface area (Å²) < 4.78 is 42.0. The molecular weight excluding hydrogens is 357 g/mol. The number of aromatic nitrogens is 2. The van der Waals surface area contributed by atoms with Crippen LogP contribution in [0.5, 0.6) is 0 Å². The number of sulfonamides is 1. The molecule has 8 heteroatoms. The molecule has 26 heavy (non-hydrogen) atoms. The molecule has 0 aliphatic carbocycles. The standard InChI is InChI=1S/C18H22FN3O3S/c1-12-7-9-21(10-8-12)26(24,25)17-13(2)20-22(14(17)3)18(23)15-5-4-6-16(19)11-15/h4-6,11-12H,7-10H2,1-3H3. The Bertz CT molecular complexity index is 945. The number of carbonyl (C=O) groups is 1. The highest BCUT2D eigenvalue weighted by Gasteiger charge is 2.34. The minimum absolute atomic E-state index is 0.0665. The molecule has 1 fully saturated rings. The van der Waals surface area contributed by atoms with Crippen molar-refractivity contribution in [2.24, 2.45) is 5.92 Å². The van der Waals surface area contributed by atoms with E-state index in [0.29, 0.717) is 19.0 Å². The molecule has 0 atom stereocenters. The number of carbonyl (C=O) groups excluding carboxylic acids is 1. The van der Waals surface area contributed by atoms with Crippen molar-refractivity contribution in [1.29, 1.82) is 0 Å². The lowest BCUT2D eigenvalue weighted by Gasteiger charge is -2.29. The molecular formula is C18H22FN3O3S. The number of rotatable bonds is 3. The van der Waals surface area contributed by atoms with Crippen molar-refractivity contribution >= 4 is 15.9 Å². The van der Waals surface area contributed by atoms with Gasteiger partial charge < -0.3 is 0 Å². The lowest BCUT2D eigenvalue weighted by molar-refractivity contribution is 0.0941. The fourth-order valence-electron chi connectivity index (χ4n) is 3.30. The molecule has 2 heterocycles. The van der Waals surface area contributed by atoms with Gasteiger partial charge in [0, 0.05) is 18.7 Å². The van der Waals surface area contributed by atoms with Crippen LogP contribution in [0.2, 0.25) is 0 Å². The monoisotopic (exact) mass is 379 g/mol. The lowest BCUT2D eigenvalue weighted by Crippen LogP contribution is -2.38. The Morgan fingerprint density at radius 2 is 1.88 bits per heavy atom. The zero-order valence-corrected chi connectivity index (χ0v) is 15.9. The van der Waals surface area contributed by atoms with Gasteiger partial charge in [-0.05, 0) is 50.8 Å². The quantitative estimate of drug-likeness (QED) is 0.822. The highest BCUT2D eigenvalue weighted by Crippen LogP contribution is 2.28. The van der Waals surface area contributed by atoms with Gasteiger partial charge in [0.05, 0.1) is 11.4 Å². The molecule has 0 bridgehead atoms. The molecule has 1 aromatic carbocycles. The van der Waals surface area contributed by atoms with Gasteiger partial charge in [0.1, 0.15) is 10.7 Å². The van der Waals surface area contributed by atoms with E-state index in [2.05, 4.69) is 12.0 Å². The molecule has 0 radical (unpaired) electrons. The lowest BCUT2D eigenvalue weighted by atomic mass is 10.0. The van der Waals surface area contributed by atoms with Crippen molar-refractivity contribution in [3.8, 4) is 0 Å². The second-order valence-electron chi connectivity index (χ2n) is 6.81. The fraction of sp³-hybridized carbons (Fsp3) is 0.444. The SMILES string of the molecule is Cc1nn(C(=O)c2cccc(F)c2)c(C)c1S(=O)(=O)N1CCC(C)CC1. The van der Waals surface area contributed by atoms with Crippen molar-refractivity contribution in [3.05, 3.63) is 47.0 Å². The van der Waals surface area contributed by atoms with E-state index in [1.54, 1.807) is 13.8 Å². The van der Waals surface area contributed by atoms with Crippen molar-refractivity contribution in [2.45, 2.75) is 38.5 Å². The average Bonchev–Trinajstić information content (AvgIpc) is 2.89.